The van der Waals surface area contributed by atoms with Crippen molar-refractivity contribution in [1.29, 1.82) is 0 Å². The van der Waals surface area contributed by atoms with Crippen LogP contribution in [0.15, 0.2) is 30.3 Å². The molecule has 20 heavy (non-hydrogen) atoms. The van der Waals surface area contributed by atoms with E-state index in [1.165, 1.54) is 25.7 Å². The highest BCUT2D eigenvalue weighted by molar-refractivity contribution is 7.99. The Hall–Kier alpha value is -1.07. The number of thioether (sulfide) groups is 1. The predicted molar refractivity (Wildman–Crippen MR) is 87.7 cm³/mol. The number of benzene rings is 1. The molecule has 106 valence electrons. The van der Waals surface area contributed by atoms with Gasteiger partial charge in [0, 0.05) is 16.9 Å². The SMILES string of the molecule is CSC1CCCCC1n1c(-c2ccccc2)n[nH]c1=S. The van der Waals surface area contributed by atoms with Crippen LogP contribution < -0.4 is 0 Å². The normalized spacial score (nSPS) is 22.9. The highest BCUT2D eigenvalue weighted by Crippen LogP contribution is 2.37. The van der Waals surface area contributed by atoms with E-state index in [9.17, 15) is 0 Å². The van der Waals surface area contributed by atoms with Crippen molar-refractivity contribution in [1.82, 2.24) is 14.8 Å². The Kier molecular flexibility index (Phi) is 4.27. The maximum atomic E-state index is 5.49. The molecule has 1 saturated carbocycles. The highest BCUT2D eigenvalue weighted by Gasteiger charge is 2.28. The zero-order chi connectivity index (χ0) is 13.9. The van der Waals surface area contributed by atoms with Crippen LogP contribution in [0, 0.1) is 4.77 Å². The molecule has 2 atom stereocenters. The number of H-pyrrole nitrogens is 1. The van der Waals surface area contributed by atoms with Gasteiger partial charge in [-0.3, -0.25) is 9.67 Å². The molecule has 0 saturated heterocycles. The molecule has 0 aliphatic heterocycles. The lowest BCUT2D eigenvalue weighted by molar-refractivity contribution is 0.364. The van der Waals surface area contributed by atoms with Crippen molar-refractivity contribution in [2.45, 2.75) is 37.0 Å². The second-order valence-electron chi connectivity index (χ2n) is 5.21. The summed E-state index contributed by atoms with van der Waals surface area (Å²) in [5.74, 6) is 0.974. The highest BCUT2D eigenvalue weighted by atomic mass is 32.2. The molecule has 1 aromatic carbocycles. The molecular formula is C15H19N3S2. The molecule has 1 aromatic heterocycles. The first-order valence-electron chi connectivity index (χ1n) is 7.06. The van der Waals surface area contributed by atoms with Crippen LogP contribution in [0.25, 0.3) is 11.4 Å². The number of nitrogens with zero attached hydrogens (tertiary/aromatic N) is 2. The molecule has 0 bridgehead atoms. The Bertz CT molecular complexity index is 618. The van der Waals surface area contributed by atoms with Gasteiger partial charge in [-0.15, -0.1) is 0 Å². The molecular weight excluding hydrogens is 286 g/mol. The minimum absolute atomic E-state index is 0.459. The Morgan fingerprint density at radius 3 is 2.75 bits per heavy atom. The lowest BCUT2D eigenvalue weighted by Crippen LogP contribution is -2.26. The molecule has 1 aliphatic carbocycles. The van der Waals surface area contributed by atoms with E-state index < -0.39 is 0 Å². The molecule has 3 nitrogen and oxygen atoms in total. The average molecular weight is 305 g/mol. The van der Waals surface area contributed by atoms with E-state index in [-0.39, 0.29) is 0 Å². The summed E-state index contributed by atoms with van der Waals surface area (Å²) in [4.78, 5) is 0. The second kappa shape index (κ2) is 6.14. The van der Waals surface area contributed by atoms with Crippen LogP contribution in [0.4, 0.5) is 0 Å². The summed E-state index contributed by atoms with van der Waals surface area (Å²) in [6, 6.07) is 10.8. The number of aromatic amines is 1. The zero-order valence-electron chi connectivity index (χ0n) is 11.6. The first-order valence-corrected chi connectivity index (χ1v) is 8.76. The number of aromatic nitrogens is 3. The van der Waals surface area contributed by atoms with Crippen LogP contribution in [0.2, 0.25) is 0 Å². The van der Waals surface area contributed by atoms with Crippen LogP contribution in [-0.4, -0.2) is 26.3 Å². The molecule has 0 amide bonds. The average Bonchev–Trinajstić information content (AvgIpc) is 2.89. The molecule has 2 unspecified atom stereocenters. The predicted octanol–water partition coefficient (Wildman–Crippen LogP) is 4.45. The van der Waals surface area contributed by atoms with Gasteiger partial charge < -0.3 is 0 Å². The van der Waals surface area contributed by atoms with Gasteiger partial charge in [-0.2, -0.15) is 16.9 Å². The molecule has 1 N–H and O–H groups in total. The van der Waals surface area contributed by atoms with Gasteiger partial charge >= 0.3 is 0 Å². The fraction of sp³-hybridized carbons (Fsp3) is 0.467. The standard InChI is InChI=1S/C15H19N3S2/c1-20-13-10-6-5-9-12(13)18-14(16-17-15(18)19)11-7-3-2-4-8-11/h2-4,7-8,12-13H,5-6,9-10H2,1H3,(H,17,19). The molecule has 3 rings (SSSR count). The topological polar surface area (TPSA) is 33.6 Å². The summed E-state index contributed by atoms with van der Waals surface area (Å²) in [5.41, 5.74) is 1.13. The molecule has 5 heteroatoms. The fourth-order valence-electron chi connectivity index (χ4n) is 3.05. The van der Waals surface area contributed by atoms with Crippen LogP contribution in [0.5, 0.6) is 0 Å². The van der Waals surface area contributed by atoms with Gasteiger partial charge in [0.1, 0.15) is 0 Å². The van der Waals surface area contributed by atoms with Crippen molar-refractivity contribution in [3.63, 3.8) is 0 Å². The largest absolute Gasteiger partial charge is 0.296 e. The third-order valence-corrected chi connectivity index (χ3v) is 5.48. The number of hydrogen-bond donors (Lipinski definition) is 1. The van der Waals surface area contributed by atoms with Crippen LogP contribution >= 0.6 is 24.0 Å². The third kappa shape index (κ3) is 2.56. The molecule has 1 heterocycles. The summed E-state index contributed by atoms with van der Waals surface area (Å²) in [7, 11) is 0. The summed E-state index contributed by atoms with van der Waals surface area (Å²) in [5, 5.41) is 8.09. The van der Waals surface area contributed by atoms with Gasteiger partial charge in [0.05, 0.1) is 0 Å². The van der Waals surface area contributed by atoms with Crippen molar-refractivity contribution in [3.05, 3.63) is 35.1 Å². The van der Waals surface area contributed by atoms with Crippen molar-refractivity contribution in [2.75, 3.05) is 6.26 Å². The molecule has 1 fully saturated rings. The van der Waals surface area contributed by atoms with Gasteiger partial charge in [-0.25, -0.2) is 0 Å². The van der Waals surface area contributed by atoms with Crippen molar-refractivity contribution in [3.8, 4) is 11.4 Å². The Morgan fingerprint density at radius 1 is 1.25 bits per heavy atom. The van der Waals surface area contributed by atoms with Crippen LogP contribution in [0.1, 0.15) is 31.7 Å². The van der Waals surface area contributed by atoms with Gasteiger partial charge in [-0.1, -0.05) is 43.2 Å². The van der Waals surface area contributed by atoms with E-state index in [0.29, 0.717) is 11.3 Å². The maximum Gasteiger partial charge on any atom is 0.195 e. The van der Waals surface area contributed by atoms with E-state index in [1.807, 2.05) is 30.0 Å². The lowest BCUT2D eigenvalue weighted by Gasteiger charge is -2.31. The second-order valence-corrected chi connectivity index (χ2v) is 6.68. The van der Waals surface area contributed by atoms with Crippen molar-refractivity contribution >= 4 is 24.0 Å². The molecule has 0 radical (unpaired) electrons. The number of rotatable bonds is 3. The van der Waals surface area contributed by atoms with Crippen LogP contribution in [0.3, 0.4) is 0 Å². The first-order chi connectivity index (χ1) is 9.81. The zero-order valence-corrected chi connectivity index (χ0v) is 13.2. The van der Waals surface area contributed by atoms with E-state index in [4.69, 9.17) is 12.2 Å². The Morgan fingerprint density at radius 2 is 2.00 bits per heavy atom. The summed E-state index contributed by atoms with van der Waals surface area (Å²) in [6.07, 6.45) is 7.28. The van der Waals surface area contributed by atoms with E-state index in [2.05, 4.69) is 33.2 Å². The first kappa shape index (κ1) is 13.9. The van der Waals surface area contributed by atoms with Gasteiger partial charge in [0.25, 0.3) is 0 Å². The number of nitrogens with one attached hydrogen (secondary N) is 1. The molecule has 0 spiro atoms. The number of hydrogen-bond acceptors (Lipinski definition) is 3. The smallest absolute Gasteiger partial charge is 0.195 e. The van der Waals surface area contributed by atoms with Crippen molar-refractivity contribution in [2.24, 2.45) is 0 Å². The van der Waals surface area contributed by atoms with Gasteiger partial charge in [0.2, 0.25) is 0 Å². The maximum absolute atomic E-state index is 5.49. The fourth-order valence-corrected chi connectivity index (χ4v) is 4.29. The van der Waals surface area contributed by atoms with E-state index >= 15 is 0 Å². The summed E-state index contributed by atoms with van der Waals surface area (Å²) < 4.78 is 2.99. The third-order valence-electron chi connectivity index (χ3n) is 4.04. The molecule has 2 aromatic rings. The minimum atomic E-state index is 0.459. The minimum Gasteiger partial charge on any atom is -0.296 e. The lowest BCUT2D eigenvalue weighted by atomic mass is 9.94. The van der Waals surface area contributed by atoms with E-state index in [1.54, 1.807) is 0 Å². The van der Waals surface area contributed by atoms with E-state index in [0.717, 1.165) is 16.2 Å². The molecule has 1 aliphatic rings. The summed E-state index contributed by atoms with van der Waals surface area (Å²) >= 11 is 7.45. The van der Waals surface area contributed by atoms with Gasteiger partial charge in [-0.05, 0) is 31.3 Å². The Labute approximate surface area is 128 Å². The summed E-state index contributed by atoms with van der Waals surface area (Å²) in [6.45, 7) is 0. The monoisotopic (exact) mass is 305 g/mol. The van der Waals surface area contributed by atoms with Crippen LogP contribution in [-0.2, 0) is 0 Å². The van der Waals surface area contributed by atoms with Gasteiger partial charge in [0.15, 0.2) is 10.6 Å². The van der Waals surface area contributed by atoms with Crippen molar-refractivity contribution < 1.29 is 0 Å². The quantitative estimate of drug-likeness (QED) is 0.850. The Balaban J connectivity index is 2.05.